The lowest BCUT2D eigenvalue weighted by Crippen LogP contribution is -2.44. The third kappa shape index (κ3) is 6.07. The minimum Gasteiger partial charge on any atom is -0.370 e. The van der Waals surface area contributed by atoms with Crippen LogP contribution < -0.4 is 21.7 Å². The Hall–Kier alpha value is -4.48. The van der Waals surface area contributed by atoms with Gasteiger partial charge in [0.05, 0.1) is 11.1 Å². The van der Waals surface area contributed by atoms with Crippen LogP contribution in [0.25, 0.3) is 11.0 Å². The average Bonchev–Trinajstić information content (AvgIpc) is 3.36. The van der Waals surface area contributed by atoms with Gasteiger partial charge < -0.3 is 31.6 Å². The van der Waals surface area contributed by atoms with Crippen molar-refractivity contribution >= 4 is 40.4 Å². The maximum atomic E-state index is 13.0. The molecule has 0 atom stereocenters. The molecule has 3 aromatic rings. The average molecular weight is 520 g/mol. The van der Waals surface area contributed by atoms with Crippen LogP contribution in [0.15, 0.2) is 30.7 Å². The lowest BCUT2D eigenvalue weighted by Gasteiger charge is -2.32. The van der Waals surface area contributed by atoms with Crippen LogP contribution in [0, 0.1) is 18.3 Å². The predicted octanol–water partition coefficient (Wildman–Crippen LogP) is 1.88. The van der Waals surface area contributed by atoms with Gasteiger partial charge in [-0.05, 0) is 42.9 Å². The number of carbonyl (C=O) groups excluding carboxylic acids is 3. The van der Waals surface area contributed by atoms with Gasteiger partial charge in [-0.2, -0.15) is 0 Å². The normalized spacial score (nSPS) is 13.8. The van der Waals surface area contributed by atoms with Crippen LogP contribution in [0.1, 0.15) is 58.2 Å². The van der Waals surface area contributed by atoms with Crippen molar-refractivity contribution in [3.05, 3.63) is 53.1 Å². The van der Waals surface area contributed by atoms with Crippen molar-refractivity contribution in [2.75, 3.05) is 25.0 Å². The lowest BCUT2D eigenvalue weighted by molar-refractivity contribution is -0.115. The number of nitrogens with zero attached hydrogens (tertiary/aromatic N) is 3. The van der Waals surface area contributed by atoms with Crippen molar-refractivity contribution in [1.29, 1.82) is 5.41 Å². The van der Waals surface area contributed by atoms with E-state index in [2.05, 4.69) is 30.9 Å². The number of guanidine groups is 1. The second-order valence-corrected chi connectivity index (χ2v) is 9.41. The highest BCUT2D eigenvalue weighted by molar-refractivity contribution is 6.10. The predicted molar refractivity (Wildman–Crippen MR) is 144 cm³/mol. The third-order valence-electron chi connectivity index (χ3n) is 6.78. The van der Waals surface area contributed by atoms with Gasteiger partial charge >= 0.3 is 0 Å². The van der Waals surface area contributed by atoms with Crippen molar-refractivity contribution in [1.82, 2.24) is 30.5 Å². The minimum absolute atomic E-state index is 0.0786. The summed E-state index contributed by atoms with van der Waals surface area (Å²) in [5, 5.41) is 16.2. The molecule has 0 aliphatic carbocycles. The summed E-state index contributed by atoms with van der Waals surface area (Å²) >= 11 is 0. The fourth-order valence-corrected chi connectivity index (χ4v) is 4.41. The van der Waals surface area contributed by atoms with E-state index >= 15 is 0 Å². The van der Waals surface area contributed by atoms with Crippen LogP contribution in [0.5, 0.6) is 0 Å². The van der Waals surface area contributed by atoms with Gasteiger partial charge in [0.1, 0.15) is 11.8 Å². The Kier molecular flexibility index (Phi) is 8.19. The van der Waals surface area contributed by atoms with Gasteiger partial charge in [0, 0.05) is 44.5 Å². The van der Waals surface area contributed by atoms with Gasteiger partial charge in [0.25, 0.3) is 11.8 Å². The molecule has 38 heavy (non-hydrogen) atoms. The first kappa shape index (κ1) is 26.6. The van der Waals surface area contributed by atoms with Gasteiger partial charge in [-0.15, -0.1) is 0 Å². The molecule has 0 bridgehead atoms. The zero-order chi connectivity index (χ0) is 27.2. The van der Waals surface area contributed by atoms with Crippen molar-refractivity contribution < 1.29 is 14.4 Å². The topological polar surface area (TPSA) is 182 Å². The molecule has 0 spiro atoms. The zero-order valence-electron chi connectivity index (χ0n) is 21.6. The molecule has 2 aromatic heterocycles. The third-order valence-corrected chi connectivity index (χ3v) is 6.78. The summed E-state index contributed by atoms with van der Waals surface area (Å²) in [6, 6.07) is 5.60. The van der Waals surface area contributed by atoms with E-state index in [-0.39, 0.29) is 30.0 Å². The summed E-state index contributed by atoms with van der Waals surface area (Å²) in [4.78, 5) is 50.8. The number of H-pyrrole nitrogens is 1. The Bertz CT molecular complexity index is 1360. The number of fused-ring (bicyclic) bond motifs is 1. The Balaban J connectivity index is 1.39. The van der Waals surface area contributed by atoms with E-state index in [1.165, 1.54) is 12.5 Å². The van der Waals surface area contributed by atoms with E-state index in [0.29, 0.717) is 54.3 Å². The number of aromatic nitrogens is 3. The van der Waals surface area contributed by atoms with Gasteiger partial charge in [0.15, 0.2) is 11.7 Å². The molecule has 0 radical (unpaired) electrons. The number of nitrogens with two attached hydrogens (primary N) is 1. The summed E-state index contributed by atoms with van der Waals surface area (Å²) in [7, 11) is 0. The van der Waals surface area contributed by atoms with Gasteiger partial charge in [-0.3, -0.25) is 19.8 Å². The number of piperidine rings is 1. The number of amides is 3. The number of aryl methyl sites for hydroxylation is 1. The fraction of sp³-hybridized carbons (Fsp3) is 0.385. The molecule has 1 saturated heterocycles. The molecular weight excluding hydrogens is 486 g/mol. The molecule has 0 saturated carbocycles. The van der Waals surface area contributed by atoms with Crippen molar-refractivity contribution in [2.24, 2.45) is 11.7 Å². The molecule has 12 heteroatoms. The second-order valence-electron chi connectivity index (χ2n) is 9.41. The number of hydrogen-bond acceptors (Lipinski definition) is 6. The fourth-order valence-electron chi connectivity index (χ4n) is 4.41. The molecule has 1 aromatic carbocycles. The Labute approximate surface area is 220 Å². The lowest BCUT2D eigenvalue weighted by atomic mass is 9.97. The monoisotopic (exact) mass is 519 g/mol. The summed E-state index contributed by atoms with van der Waals surface area (Å²) in [5.41, 5.74) is 9.23. The number of aromatic amines is 1. The van der Waals surface area contributed by atoms with E-state index in [0.717, 1.165) is 24.0 Å². The molecular formula is C26H33N9O3. The highest BCUT2D eigenvalue weighted by atomic mass is 16.2. The molecule has 7 N–H and O–H groups in total. The Morgan fingerprint density at radius 2 is 1.92 bits per heavy atom. The van der Waals surface area contributed by atoms with Crippen molar-refractivity contribution in [2.45, 2.75) is 39.7 Å². The number of rotatable bonds is 8. The SMILES string of the molecule is CCC(=O)Nc1cc(CNC(=O)c2ncnc3c(C(=O)NCC4CCN(C(=N)N)CC4)c[nH]c23)ccc1C. The molecule has 1 aliphatic heterocycles. The number of carbonyl (C=O) groups is 3. The first-order valence-corrected chi connectivity index (χ1v) is 12.6. The Morgan fingerprint density at radius 3 is 2.63 bits per heavy atom. The van der Waals surface area contributed by atoms with Crippen LogP contribution >= 0.6 is 0 Å². The first-order chi connectivity index (χ1) is 18.3. The molecule has 1 aliphatic rings. The van der Waals surface area contributed by atoms with Crippen LogP contribution in [0.2, 0.25) is 0 Å². The summed E-state index contributed by atoms with van der Waals surface area (Å²) in [6.45, 7) is 5.83. The van der Waals surface area contributed by atoms with E-state index in [1.807, 2.05) is 30.0 Å². The van der Waals surface area contributed by atoms with Crippen molar-refractivity contribution in [3.8, 4) is 0 Å². The maximum absolute atomic E-state index is 13.0. The number of nitrogens with one attached hydrogen (secondary N) is 5. The van der Waals surface area contributed by atoms with Crippen LogP contribution in [0.3, 0.4) is 0 Å². The minimum atomic E-state index is -0.414. The number of hydrogen-bond donors (Lipinski definition) is 6. The highest BCUT2D eigenvalue weighted by Crippen LogP contribution is 2.21. The van der Waals surface area contributed by atoms with Crippen molar-refractivity contribution in [3.63, 3.8) is 0 Å². The highest BCUT2D eigenvalue weighted by Gasteiger charge is 2.23. The summed E-state index contributed by atoms with van der Waals surface area (Å²) in [6.07, 6.45) is 4.86. The van der Waals surface area contributed by atoms with E-state index in [9.17, 15) is 14.4 Å². The molecule has 0 unspecified atom stereocenters. The van der Waals surface area contributed by atoms with Gasteiger partial charge in [-0.25, -0.2) is 9.97 Å². The van der Waals surface area contributed by atoms with E-state index < -0.39 is 5.91 Å². The second kappa shape index (κ2) is 11.7. The van der Waals surface area contributed by atoms with E-state index in [1.54, 1.807) is 6.92 Å². The number of benzene rings is 1. The molecule has 3 heterocycles. The maximum Gasteiger partial charge on any atom is 0.272 e. The number of anilines is 1. The molecule has 1 fully saturated rings. The first-order valence-electron chi connectivity index (χ1n) is 12.6. The summed E-state index contributed by atoms with van der Waals surface area (Å²) in [5.74, 6) is -0.398. The standard InChI is InChI=1S/C26H33N9O3/c1-3-20(36)34-19-10-17(5-4-15(19)2)12-31-25(38)23-22-21(32-14-33-23)18(13-29-22)24(37)30-11-16-6-8-35(9-7-16)26(27)28/h4-5,10,13-14,16,29H,3,6-9,11-12H2,1-2H3,(H3,27,28)(H,30,37)(H,31,38)(H,34,36). The van der Waals surface area contributed by atoms with Crippen LogP contribution in [-0.4, -0.2) is 63.2 Å². The van der Waals surface area contributed by atoms with Gasteiger partial charge in [-0.1, -0.05) is 19.1 Å². The van der Waals surface area contributed by atoms with Crippen LogP contribution in [0.4, 0.5) is 5.69 Å². The Morgan fingerprint density at radius 1 is 1.16 bits per heavy atom. The van der Waals surface area contributed by atoms with Gasteiger partial charge in [0.2, 0.25) is 5.91 Å². The van der Waals surface area contributed by atoms with Crippen LogP contribution in [-0.2, 0) is 11.3 Å². The number of likely N-dealkylation sites (tertiary alicyclic amines) is 1. The smallest absolute Gasteiger partial charge is 0.272 e. The molecule has 12 nitrogen and oxygen atoms in total. The molecule has 200 valence electrons. The summed E-state index contributed by atoms with van der Waals surface area (Å²) < 4.78 is 0. The zero-order valence-corrected chi connectivity index (χ0v) is 21.6. The quantitative estimate of drug-likeness (QED) is 0.194. The molecule has 4 rings (SSSR count). The van der Waals surface area contributed by atoms with E-state index in [4.69, 9.17) is 11.1 Å². The molecule has 3 amide bonds. The largest absolute Gasteiger partial charge is 0.370 e.